The first-order valence-corrected chi connectivity index (χ1v) is 9.54. The predicted molar refractivity (Wildman–Crippen MR) is 105 cm³/mol. The van der Waals surface area contributed by atoms with Crippen LogP contribution in [0, 0.1) is 11.8 Å². The summed E-state index contributed by atoms with van der Waals surface area (Å²) in [4.78, 5) is 31.4. The fourth-order valence-electron chi connectivity index (χ4n) is 3.61. The Balaban J connectivity index is 1.72. The third-order valence-corrected chi connectivity index (χ3v) is 5.01. The van der Waals surface area contributed by atoms with Gasteiger partial charge in [-0.2, -0.15) is 0 Å². The summed E-state index contributed by atoms with van der Waals surface area (Å²) in [6.45, 7) is 5.61. The number of rotatable bonds is 6. The van der Waals surface area contributed by atoms with Gasteiger partial charge in [-0.3, -0.25) is 14.6 Å². The van der Waals surface area contributed by atoms with Gasteiger partial charge < -0.3 is 10.2 Å². The molecule has 2 atom stereocenters. The highest BCUT2D eigenvalue weighted by molar-refractivity contribution is 5.83. The number of hydrogen-bond acceptors (Lipinski definition) is 3. The molecule has 2 unspecified atom stereocenters. The summed E-state index contributed by atoms with van der Waals surface area (Å²) in [5.74, 6) is 0.226. The molecular formula is C22H27N3O2. The minimum Gasteiger partial charge on any atom is -0.352 e. The second-order valence-corrected chi connectivity index (χ2v) is 7.60. The lowest BCUT2D eigenvalue weighted by Gasteiger charge is -2.18. The van der Waals surface area contributed by atoms with Crippen LogP contribution < -0.4 is 5.32 Å². The van der Waals surface area contributed by atoms with E-state index in [-0.39, 0.29) is 23.7 Å². The van der Waals surface area contributed by atoms with Gasteiger partial charge in [0.1, 0.15) is 0 Å². The molecule has 1 aromatic heterocycles. The Hall–Kier alpha value is -2.69. The molecule has 142 valence electrons. The molecule has 5 heteroatoms. The van der Waals surface area contributed by atoms with Crippen LogP contribution in [0.15, 0.2) is 54.9 Å². The van der Waals surface area contributed by atoms with Crippen molar-refractivity contribution in [1.29, 1.82) is 0 Å². The van der Waals surface area contributed by atoms with Gasteiger partial charge in [0.15, 0.2) is 0 Å². The molecule has 1 fully saturated rings. The minimum absolute atomic E-state index is 0.00690. The Morgan fingerprint density at radius 2 is 1.93 bits per heavy atom. The van der Waals surface area contributed by atoms with Crippen LogP contribution in [-0.2, 0) is 16.1 Å². The highest BCUT2D eigenvalue weighted by atomic mass is 16.2. The Morgan fingerprint density at radius 3 is 2.59 bits per heavy atom. The number of amides is 2. The van der Waals surface area contributed by atoms with Gasteiger partial charge in [-0.1, -0.05) is 50.2 Å². The van der Waals surface area contributed by atoms with Crippen LogP contribution in [0.25, 0.3) is 0 Å². The van der Waals surface area contributed by atoms with E-state index < -0.39 is 0 Å². The normalized spacial score (nSPS) is 19.3. The zero-order valence-electron chi connectivity index (χ0n) is 16.0. The van der Waals surface area contributed by atoms with Gasteiger partial charge in [-0.05, 0) is 23.1 Å². The fourth-order valence-corrected chi connectivity index (χ4v) is 3.61. The van der Waals surface area contributed by atoms with E-state index in [0.717, 1.165) is 11.1 Å². The molecule has 3 rings (SSSR count). The fraction of sp³-hybridized carbons (Fsp3) is 0.409. The van der Waals surface area contributed by atoms with Crippen LogP contribution in [0.5, 0.6) is 0 Å². The van der Waals surface area contributed by atoms with Crippen LogP contribution in [-0.4, -0.2) is 34.8 Å². The quantitative estimate of drug-likeness (QED) is 0.856. The summed E-state index contributed by atoms with van der Waals surface area (Å²) in [6, 6.07) is 13.8. The second kappa shape index (κ2) is 8.80. The zero-order chi connectivity index (χ0) is 19.2. The summed E-state index contributed by atoms with van der Waals surface area (Å²) in [6.07, 6.45) is 3.99. The van der Waals surface area contributed by atoms with Crippen molar-refractivity contribution < 1.29 is 9.59 Å². The zero-order valence-corrected chi connectivity index (χ0v) is 16.0. The smallest absolute Gasteiger partial charge is 0.225 e. The van der Waals surface area contributed by atoms with Crippen molar-refractivity contribution in [2.75, 3.05) is 13.1 Å². The topological polar surface area (TPSA) is 62.3 Å². The second-order valence-electron chi connectivity index (χ2n) is 7.60. The van der Waals surface area contributed by atoms with Crippen molar-refractivity contribution >= 4 is 11.8 Å². The largest absolute Gasteiger partial charge is 0.352 e. The van der Waals surface area contributed by atoms with Crippen molar-refractivity contribution in [3.05, 3.63) is 66.0 Å². The molecule has 0 spiro atoms. The maximum Gasteiger partial charge on any atom is 0.225 e. The molecule has 27 heavy (non-hydrogen) atoms. The number of nitrogens with one attached hydrogen (secondary N) is 1. The van der Waals surface area contributed by atoms with Crippen molar-refractivity contribution in [1.82, 2.24) is 15.2 Å². The molecule has 1 aromatic carbocycles. The number of carbonyl (C=O) groups is 2. The summed E-state index contributed by atoms with van der Waals surface area (Å²) in [7, 11) is 0. The van der Waals surface area contributed by atoms with Gasteiger partial charge in [0.2, 0.25) is 11.8 Å². The number of nitrogens with zero attached hydrogens (tertiary/aromatic N) is 2. The number of aromatic nitrogens is 1. The number of benzene rings is 1. The molecule has 1 aliphatic rings. The van der Waals surface area contributed by atoms with E-state index in [1.807, 2.05) is 61.2 Å². The van der Waals surface area contributed by atoms with E-state index in [4.69, 9.17) is 0 Å². The number of likely N-dealkylation sites (tertiary alicyclic amines) is 1. The summed E-state index contributed by atoms with van der Waals surface area (Å²) < 4.78 is 0. The molecule has 2 aromatic rings. The predicted octanol–water partition coefficient (Wildman–Crippen LogP) is 2.99. The average Bonchev–Trinajstić information content (AvgIpc) is 3.13. The molecular weight excluding hydrogens is 338 g/mol. The summed E-state index contributed by atoms with van der Waals surface area (Å²) in [5, 5.41) is 3.02. The Morgan fingerprint density at radius 1 is 1.15 bits per heavy atom. The van der Waals surface area contributed by atoms with Gasteiger partial charge >= 0.3 is 0 Å². The molecule has 0 saturated carbocycles. The lowest BCUT2D eigenvalue weighted by molar-refractivity contribution is -0.131. The molecule has 0 bridgehead atoms. The SMILES string of the molecule is CC(C)CC(=O)N1CC(C(=O)NCc2cccnc2)C(c2ccccc2)C1. The van der Waals surface area contributed by atoms with Crippen molar-refractivity contribution in [3.8, 4) is 0 Å². The van der Waals surface area contributed by atoms with Crippen LogP contribution in [0.4, 0.5) is 0 Å². The Labute approximate surface area is 160 Å². The average molecular weight is 365 g/mol. The van der Waals surface area contributed by atoms with Gasteiger partial charge in [-0.25, -0.2) is 0 Å². The van der Waals surface area contributed by atoms with Crippen LogP contribution in [0.2, 0.25) is 0 Å². The Bertz CT molecular complexity index is 762. The van der Waals surface area contributed by atoms with Gasteiger partial charge in [0, 0.05) is 44.4 Å². The van der Waals surface area contributed by atoms with Crippen LogP contribution in [0.3, 0.4) is 0 Å². The number of hydrogen-bond donors (Lipinski definition) is 1. The van der Waals surface area contributed by atoms with Crippen LogP contribution in [0.1, 0.15) is 37.3 Å². The Kier molecular flexibility index (Phi) is 6.22. The molecule has 0 aliphatic carbocycles. The minimum atomic E-state index is -0.236. The molecule has 2 heterocycles. The van der Waals surface area contributed by atoms with E-state index >= 15 is 0 Å². The third kappa shape index (κ3) is 4.94. The number of pyridine rings is 1. The molecule has 5 nitrogen and oxygen atoms in total. The third-order valence-electron chi connectivity index (χ3n) is 5.01. The van der Waals surface area contributed by atoms with Crippen molar-refractivity contribution in [2.45, 2.75) is 32.7 Å². The maximum absolute atomic E-state index is 12.9. The first-order valence-electron chi connectivity index (χ1n) is 9.54. The highest BCUT2D eigenvalue weighted by Gasteiger charge is 2.40. The van der Waals surface area contributed by atoms with E-state index in [9.17, 15) is 9.59 Å². The lowest BCUT2D eigenvalue weighted by Crippen LogP contribution is -2.35. The molecule has 1 N–H and O–H groups in total. The number of carbonyl (C=O) groups excluding carboxylic acids is 2. The van der Waals surface area contributed by atoms with E-state index in [0.29, 0.717) is 32.0 Å². The standard InChI is InChI=1S/C22H27N3O2/c1-16(2)11-21(26)25-14-19(18-8-4-3-5-9-18)20(15-25)22(27)24-13-17-7-6-10-23-12-17/h3-10,12,16,19-20H,11,13-15H2,1-2H3,(H,24,27). The molecule has 0 radical (unpaired) electrons. The van der Waals surface area contributed by atoms with Gasteiger partial charge in [-0.15, -0.1) is 0 Å². The molecule has 1 aliphatic heterocycles. The van der Waals surface area contributed by atoms with Gasteiger partial charge in [0.25, 0.3) is 0 Å². The molecule has 1 saturated heterocycles. The van der Waals surface area contributed by atoms with Crippen molar-refractivity contribution in [2.24, 2.45) is 11.8 Å². The summed E-state index contributed by atoms with van der Waals surface area (Å²) >= 11 is 0. The monoisotopic (exact) mass is 365 g/mol. The van der Waals surface area contributed by atoms with Gasteiger partial charge in [0.05, 0.1) is 5.92 Å². The summed E-state index contributed by atoms with van der Waals surface area (Å²) in [5.41, 5.74) is 2.08. The first-order chi connectivity index (χ1) is 13.0. The first kappa shape index (κ1) is 19.1. The van der Waals surface area contributed by atoms with E-state index in [1.54, 1.807) is 12.4 Å². The maximum atomic E-state index is 12.9. The molecule has 2 amide bonds. The van der Waals surface area contributed by atoms with E-state index in [1.165, 1.54) is 0 Å². The van der Waals surface area contributed by atoms with Crippen molar-refractivity contribution in [3.63, 3.8) is 0 Å². The van der Waals surface area contributed by atoms with Crippen LogP contribution >= 0.6 is 0 Å². The lowest BCUT2D eigenvalue weighted by atomic mass is 9.88. The van der Waals surface area contributed by atoms with E-state index in [2.05, 4.69) is 10.3 Å². The highest BCUT2D eigenvalue weighted by Crippen LogP contribution is 2.33.